The number of carbonyl (C=O) groups is 1. The standard InChI is InChI=1S/C17H18F2N2O2/c1-11-7-12(2)9-14(8-11)23-6-5-20-17(22)21-16-10-13(18)3-4-15(16)19/h3-4,7-10H,5-6H2,1-2H3,(H2,20,21,22). The predicted octanol–water partition coefficient (Wildman–Crippen LogP) is 3.78. The monoisotopic (exact) mass is 320 g/mol. The lowest BCUT2D eigenvalue weighted by Crippen LogP contribution is -2.32. The van der Waals surface area contributed by atoms with E-state index >= 15 is 0 Å². The van der Waals surface area contributed by atoms with E-state index < -0.39 is 17.7 Å². The maximum absolute atomic E-state index is 13.4. The number of hydrogen-bond acceptors (Lipinski definition) is 2. The Labute approximate surface area is 133 Å². The molecule has 2 amide bonds. The van der Waals surface area contributed by atoms with Gasteiger partial charge in [-0.05, 0) is 49.2 Å². The van der Waals surface area contributed by atoms with Crippen molar-refractivity contribution >= 4 is 11.7 Å². The highest BCUT2D eigenvalue weighted by Crippen LogP contribution is 2.16. The van der Waals surface area contributed by atoms with E-state index in [1.54, 1.807) is 0 Å². The first-order valence-corrected chi connectivity index (χ1v) is 7.15. The summed E-state index contributed by atoms with van der Waals surface area (Å²) in [5.41, 5.74) is 1.97. The number of carbonyl (C=O) groups excluding carboxylic acids is 1. The molecule has 2 N–H and O–H groups in total. The minimum Gasteiger partial charge on any atom is -0.492 e. The molecule has 6 heteroatoms. The highest BCUT2D eigenvalue weighted by atomic mass is 19.1. The molecule has 2 aromatic carbocycles. The summed E-state index contributed by atoms with van der Waals surface area (Å²) in [6.07, 6.45) is 0. The fourth-order valence-electron chi connectivity index (χ4n) is 2.11. The molecule has 0 atom stereocenters. The van der Waals surface area contributed by atoms with Gasteiger partial charge >= 0.3 is 6.03 Å². The Morgan fingerprint density at radius 1 is 1.09 bits per heavy atom. The third-order valence-electron chi connectivity index (χ3n) is 3.03. The molecule has 0 radical (unpaired) electrons. The number of anilines is 1. The quantitative estimate of drug-likeness (QED) is 0.824. The van der Waals surface area contributed by atoms with E-state index in [1.165, 1.54) is 0 Å². The van der Waals surface area contributed by atoms with Crippen LogP contribution < -0.4 is 15.4 Å². The molecule has 0 bridgehead atoms. The molecule has 2 rings (SSSR count). The summed E-state index contributed by atoms with van der Waals surface area (Å²) < 4.78 is 31.9. The Balaban J connectivity index is 1.77. The SMILES string of the molecule is Cc1cc(C)cc(OCCNC(=O)Nc2cc(F)ccc2F)c1. The average molecular weight is 320 g/mol. The van der Waals surface area contributed by atoms with Gasteiger partial charge in [-0.15, -0.1) is 0 Å². The van der Waals surface area contributed by atoms with Gasteiger partial charge in [0.2, 0.25) is 0 Å². The van der Waals surface area contributed by atoms with Crippen LogP contribution in [0.1, 0.15) is 11.1 Å². The van der Waals surface area contributed by atoms with Gasteiger partial charge < -0.3 is 15.4 Å². The minimum atomic E-state index is -0.701. The number of aryl methyl sites for hydroxylation is 2. The molecule has 0 fully saturated rings. The van der Waals surface area contributed by atoms with Crippen LogP contribution >= 0.6 is 0 Å². The highest BCUT2D eigenvalue weighted by molar-refractivity contribution is 5.89. The number of nitrogens with one attached hydrogen (secondary N) is 2. The zero-order valence-electron chi connectivity index (χ0n) is 13.0. The Morgan fingerprint density at radius 2 is 1.78 bits per heavy atom. The van der Waals surface area contributed by atoms with Gasteiger partial charge in [-0.1, -0.05) is 6.07 Å². The van der Waals surface area contributed by atoms with Gasteiger partial charge in [0.15, 0.2) is 0 Å². The molecule has 0 aliphatic carbocycles. The minimum absolute atomic E-state index is 0.210. The molecule has 0 aromatic heterocycles. The number of urea groups is 1. The van der Waals surface area contributed by atoms with Gasteiger partial charge in [-0.3, -0.25) is 0 Å². The van der Waals surface area contributed by atoms with Gasteiger partial charge in [-0.25, -0.2) is 13.6 Å². The molecule has 0 spiro atoms. The van der Waals surface area contributed by atoms with Gasteiger partial charge in [0.25, 0.3) is 0 Å². The molecule has 0 unspecified atom stereocenters. The average Bonchev–Trinajstić information content (AvgIpc) is 2.46. The molecule has 0 aliphatic rings. The molecule has 23 heavy (non-hydrogen) atoms. The van der Waals surface area contributed by atoms with Crippen molar-refractivity contribution in [3.05, 3.63) is 59.2 Å². The normalized spacial score (nSPS) is 10.3. The molecule has 4 nitrogen and oxygen atoms in total. The van der Waals surface area contributed by atoms with E-state index in [0.29, 0.717) is 0 Å². The molecule has 0 aliphatic heterocycles. The summed E-state index contributed by atoms with van der Waals surface area (Å²) in [6, 6.07) is 8.06. The highest BCUT2D eigenvalue weighted by Gasteiger charge is 2.07. The van der Waals surface area contributed by atoms with E-state index in [1.807, 2.05) is 32.0 Å². The second-order valence-electron chi connectivity index (χ2n) is 5.18. The topological polar surface area (TPSA) is 50.4 Å². The molecule has 0 heterocycles. The number of rotatable bonds is 5. The first-order valence-electron chi connectivity index (χ1n) is 7.15. The van der Waals surface area contributed by atoms with Crippen molar-refractivity contribution in [1.82, 2.24) is 5.32 Å². The van der Waals surface area contributed by atoms with Crippen LogP contribution in [0.15, 0.2) is 36.4 Å². The lowest BCUT2D eigenvalue weighted by molar-refractivity contribution is 0.247. The second kappa shape index (κ2) is 7.58. The molecule has 2 aromatic rings. The number of hydrogen-bond donors (Lipinski definition) is 2. The Hall–Kier alpha value is -2.63. The third kappa shape index (κ3) is 5.25. The van der Waals surface area contributed by atoms with E-state index in [2.05, 4.69) is 10.6 Å². The summed E-state index contributed by atoms with van der Waals surface area (Å²) in [6.45, 7) is 4.44. The lowest BCUT2D eigenvalue weighted by Gasteiger charge is -2.10. The van der Waals surface area contributed by atoms with Crippen LogP contribution in [-0.4, -0.2) is 19.2 Å². The summed E-state index contributed by atoms with van der Waals surface area (Å²) in [5.74, 6) is -0.603. The van der Waals surface area contributed by atoms with Crippen LogP contribution in [0, 0.1) is 25.5 Å². The van der Waals surface area contributed by atoms with Crippen LogP contribution in [0.4, 0.5) is 19.3 Å². The second-order valence-corrected chi connectivity index (χ2v) is 5.18. The summed E-state index contributed by atoms with van der Waals surface area (Å²) >= 11 is 0. The van der Waals surface area contributed by atoms with Crippen LogP contribution in [0.3, 0.4) is 0 Å². The van der Waals surface area contributed by atoms with Gasteiger partial charge in [0, 0.05) is 6.07 Å². The van der Waals surface area contributed by atoms with Crippen LogP contribution in [0.5, 0.6) is 5.75 Å². The smallest absolute Gasteiger partial charge is 0.319 e. The number of benzene rings is 2. The zero-order chi connectivity index (χ0) is 16.8. The Morgan fingerprint density at radius 3 is 2.48 bits per heavy atom. The number of halogens is 2. The van der Waals surface area contributed by atoms with E-state index in [4.69, 9.17) is 4.74 Å². The molecular weight excluding hydrogens is 302 g/mol. The zero-order valence-corrected chi connectivity index (χ0v) is 13.0. The summed E-state index contributed by atoms with van der Waals surface area (Å²) in [7, 11) is 0. The van der Waals surface area contributed by atoms with Crippen molar-refractivity contribution in [2.45, 2.75) is 13.8 Å². The number of amides is 2. The van der Waals surface area contributed by atoms with E-state index in [0.717, 1.165) is 35.1 Å². The first-order chi connectivity index (χ1) is 10.9. The van der Waals surface area contributed by atoms with Gasteiger partial charge in [0.05, 0.1) is 12.2 Å². The lowest BCUT2D eigenvalue weighted by atomic mass is 10.1. The Bertz CT molecular complexity index is 685. The van der Waals surface area contributed by atoms with E-state index in [-0.39, 0.29) is 18.8 Å². The van der Waals surface area contributed by atoms with Crippen molar-refractivity contribution in [3.63, 3.8) is 0 Å². The predicted molar refractivity (Wildman–Crippen MR) is 84.8 cm³/mol. The largest absolute Gasteiger partial charge is 0.492 e. The summed E-state index contributed by atoms with van der Waals surface area (Å²) in [5, 5.41) is 4.76. The van der Waals surface area contributed by atoms with Gasteiger partial charge in [-0.2, -0.15) is 0 Å². The third-order valence-corrected chi connectivity index (χ3v) is 3.03. The summed E-state index contributed by atoms with van der Waals surface area (Å²) in [4.78, 5) is 11.6. The van der Waals surface area contributed by atoms with Crippen LogP contribution in [0.2, 0.25) is 0 Å². The van der Waals surface area contributed by atoms with Crippen LogP contribution in [-0.2, 0) is 0 Å². The molecule has 0 saturated heterocycles. The Kier molecular flexibility index (Phi) is 5.51. The number of ether oxygens (including phenoxy) is 1. The van der Waals surface area contributed by atoms with Gasteiger partial charge in [0.1, 0.15) is 24.0 Å². The van der Waals surface area contributed by atoms with Crippen molar-refractivity contribution in [2.75, 3.05) is 18.5 Å². The maximum atomic E-state index is 13.4. The molecular formula is C17H18F2N2O2. The first kappa shape index (κ1) is 16.7. The fourth-order valence-corrected chi connectivity index (χ4v) is 2.11. The van der Waals surface area contributed by atoms with Crippen LogP contribution in [0.25, 0.3) is 0 Å². The fraction of sp³-hybridized carbons (Fsp3) is 0.235. The van der Waals surface area contributed by atoms with Crippen molar-refractivity contribution in [3.8, 4) is 5.75 Å². The molecule has 122 valence electrons. The van der Waals surface area contributed by atoms with Crippen molar-refractivity contribution < 1.29 is 18.3 Å². The molecule has 0 saturated carbocycles. The maximum Gasteiger partial charge on any atom is 0.319 e. The van der Waals surface area contributed by atoms with Crippen molar-refractivity contribution in [1.29, 1.82) is 0 Å². The van der Waals surface area contributed by atoms with E-state index in [9.17, 15) is 13.6 Å². The van der Waals surface area contributed by atoms with Crippen molar-refractivity contribution in [2.24, 2.45) is 0 Å².